The number of aryl methyl sites for hydroxylation is 1. The van der Waals surface area contributed by atoms with Crippen molar-refractivity contribution in [3.8, 4) is 5.75 Å². The van der Waals surface area contributed by atoms with Crippen molar-refractivity contribution in [3.05, 3.63) is 142 Å². The molecule has 0 radical (unpaired) electrons. The minimum atomic E-state index is -4.81. The van der Waals surface area contributed by atoms with E-state index >= 15 is 9.59 Å². The number of phenols is 1. The molecule has 54 heavy (non-hydrogen) atoms. The van der Waals surface area contributed by atoms with Crippen molar-refractivity contribution < 1.29 is 37.5 Å². The minimum Gasteiger partial charge on any atom is -0.507 e. The first kappa shape index (κ1) is 35.5. The smallest absolute Gasteiger partial charge is 0.433 e. The maximum absolute atomic E-state index is 15.1. The van der Waals surface area contributed by atoms with Crippen LogP contribution in [0.15, 0.2) is 109 Å². The van der Waals surface area contributed by atoms with E-state index in [4.69, 9.17) is 11.6 Å². The number of aromatic hydroxyl groups is 1. The highest BCUT2D eigenvalue weighted by Gasteiger charge is 2.66. The largest absolute Gasteiger partial charge is 0.507 e. The zero-order valence-corrected chi connectivity index (χ0v) is 29.8. The van der Waals surface area contributed by atoms with Crippen molar-refractivity contribution in [2.75, 3.05) is 12.1 Å². The van der Waals surface area contributed by atoms with Gasteiger partial charge >= 0.3 is 6.18 Å². The summed E-state index contributed by atoms with van der Waals surface area (Å²) >= 11 is 6.31. The van der Waals surface area contributed by atoms with Gasteiger partial charge in [0.05, 0.1) is 22.3 Å². The Bertz CT molecular complexity index is 2310. The van der Waals surface area contributed by atoms with E-state index < -0.39 is 64.5 Å². The van der Waals surface area contributed by atoms with Crippen molar-refractivity contribution in [1.29, 1.82) is 0 Å². The van der Waals surface area contributed by atoms with E-state index in [1.165, 1.54) is 13.1 Å². The summed E-state index contributed by atoms with van der Waals surface area (Å²) in [5.41, 5.74) is 0.160. The third-order valence-corrected chi connectivity index (χ3v) is 12.0. The molecule has 2 fully saturated rings. The van der Waals surface area contributed by atoms with Gasteiger partial charge in [-0.05, 0) is 60.6 Å². The molecule has 1 aliphatic heterocycles. The Kier molecular flexibility index (Phi) is 8.41. The third-order valence-electron chi connectivity index (χ3n) is 11.7. The number of pyridine rings is 1. The molecule has 12 heteroatoms. The van der Waals surface area contributed by atoms with Crippen molar-refractivity contribution in [2.45, 2.75) is 37.3 Å². The molecule has 274 valence electrons. The number of para-hydroxylation sites is 1. The summed E-state index contributed by atoms with van der Waals surface area (Å²) in [5, 5.41) is 13.3. The highest BCUT2D eigenvalue weighted by molar-refractivity contribution is 6.33. The van der Waals surface area contributed by atoms with E-state index in [2.05, 4.69) is 4.98 Å². The van der Waals surface area contributed by atoms with Crippen LogP contribution in [0, 0.1) is 30.6 Å². The number of ketones is 2. The molecule has 1 saturated carbocycles. The van der Waals surface area contributed by atoms with E-state index in [1.807, 2.05) is 12.1 Å². The van der Waals surface area contributed by atoms with Gasteiger partial charge in [0.2, 0.25) is 0 Å². The third kappa shape index (κ3) is 5.15. The molecule has 1 saturated heterocycles. The van der Waals surface area contributed by atoms with Crippen LogP contribution in [-0.4, -0.2) is 45.5 Å². The SMILES string of the molecule is Cc1cccc(C2C3=CCC4C(=O)N(N(C)c5nc(C(F)(F)F)ccc5Cl)C(=O)C4C3CC3C(=O)C(c4ccccc4)=CC(=O)C32c2ccccc2)c1O. The monoisotopic (exact) mass is 751 g/mol. The molecule has 0 spiro atoms. The molecule has 3 aromatic carbocycles. The summed E-state index contributed by atoms with van der Waals surface area (Å²) in [4.78, 5) is 62.7. The Balaban J connectivity index is 1.31. The summed E-state index contributed by atoms with van der Waals surface area (Å²) in [6.45, 7) is 1.73. The number of Topliss-reactive ketones (excluding diaryl/α,β-unsaturated/α-hetero) is 1. The number of fused-ring (bicyclic) bond motifs is 4. The van der Waals surface area contributed by atoms with E-state index in [9.17, 15) is 27.9 Å². The molecule has 2 heterocycles. The van der Waals surface area contributed by atoms with Gasteiger partial charge in [0.25, 0.3) is 11.8 Å². The number of anilines is 1. The van der Waals surface area contributed by atoms with Crippen LogP contribution < -0.4 is 5.01 Å². The number of hydrogen-bond acceptors (Lipinski definition) is 7. The lowest BCUT2D eigenvalue weighted by atomic mass is 9.44. The van der Waals surface area contributed by atoms with Crippen LogP contribution in [0.25, 0.3) is 5.57 Å². The van der Waals surface area contributed by atoms with Gasteiger partial charge in [0.1, 0.15) is 11.4 Å². The number of alkyl halides is 3. The van der Waals surface area contributed by atoms with Crippen molar-refractivity contribution >= 4 is 46.4 Å². The first-order chi connectivity index (χ1) is 25.8. The van der Waals surface area contributed by atoms with Gasteiger partial charge in [-0.2, -0.15) is 18.2 Å². The molecular weight excluding hydrogens is 719 g/mol. The first-order valence-corrected chi connectivity index (χ1v) is 17.9. The number of benzene rings is 3. The maximum atomic E-state index is 15.1. The lowest BCUT2D eigenvalue weighted by Gasteiger charge is -2.55. The number of amides is 2. The van der Waals surface area contributed by atoms with Gasteiger partial charge in [-0.1, -0.05) is 102 Å². The van der Waals surface area contributed by atoms with Gasteiger partial charge in [-0.3, -0.25) is 24.2 Å². The predicted molar refractivity (Wildman–Crippen MR) is 194 cm³/mol. The molecule has 2 amide bonds. The Hall–Kier alpha value is -5.55. The second kappa shape index (κ2) is 12.8. The molecule has 3 aliphatic carbocycles. The fourth-order valence-corrected chi connectivity index (χ4v) is 9.55. The Morgan fingerprint density at radius 1 is 0.889 bits per heavy atom. The highest BCUT2D eigenvalue weighted by Crippen LogP contribution is 2.64. The average Bonchev–Trinajstić information content (AvgIpc) is 3.42. The number of rotatable bonds is 5. The molecule has 6 unspecified atom stereocenters. The molecule has 0 bridgehead atoms. The lowest BCUT2D eigenvalue weighted by molar-refractivity contribution is -0.141. The van der Waals surface area contributed by atoms with E-state index in [-0.39, 0.29) is 40.8 Å². The lowest BCUT2D eigenvalue weighted by Crippen LogP contribution is -2.59. The number of carbonyl (C=O) groups is 4. The van der Waals surface area contributed by atoms with Gasteiger partial charge in [-0.25, -0.2) is 4.98 Å². The summed E-state index contributed by atoms with van der Waals surface area (Å²) in [6, 6.07) is 24.8. The Morgan fingerprint density at radius 3 is 2.26 bits per heavy atom. The number of nitrogens with zero attached hydrogens (tertiary/aromatic N) is 3. The van der Waals surface area contributed by atoms with Gasteiger partial charge in [0, 0.05) is 30.0 Å². The second-order valence-electron chi connectivity index (χ2n) is 14.3. The standard InChI is InChI=1S/C42H33ClF3N3O5/c1-22-10-9-15-27(36(22)51)35-25-16-17-26-34(40(54)49(39(26)53)48(2)38-31(43)18-19-32(47-38)42(44,45)46)29(25)20-30-37(52)28(23-11-5-3-6-12-23)21-33(50)41(30,35)24-13-7-4-8-14-24/h3-16,18-19,21,26,29-30,34-35,51H,17,20H2,1-2H3. The maximum Gasteiger partial charge on any atom is 0.433 e. The predicted octanol–water partition coefficient (Wildman–Crippen LogP) is 7.64. The first-order valence-electron chi connectivity index (χ1n) is 17.5. The van der Waals surface area contributed by atoms with Crippen LogP contribution in [0.5, 0.6) is 5.75 Å². The van der Waals surface area contributed by atoms with E-state index in [0.717, 1.165) is 16.1 Å². The normalized spacial score (nSPS) is 26.5. The molecule has 8 nitrogen and oxygen atoms in total. The number of hydrazine groups is 1. The molecule has 6 atom stereocenters. The highest BCUT2D eigenvalue weighted by atomic mass is 35.5. The fourth-order valence-electron chi connectivity index (χ4n) is 9.32. The number of halogens is 4. The zero-order chi connectivity index (χ0) is 38.3. The van der Waals surface area contributed by atoms with Crippen LogP contribution in [-0.2, 0) is 30.8 Å². The van der Waals surface area contributed by atoms with Crippen molar-refractivity contribution in [2.24, 2.45) is 23.7 Å². The molecular formula is C42H33ClF3N3O5. The minimum absolute atomic E-state index is 0.0128. The van der Waals surface area contributed by atoms with Crippen LogP contribution in [0.1, 0.15) is 46.7 Å². The summed E-state index contributed by atoms with van der Waals surface area (Å²) < 4.78 is 41.1. The second-order valence-corrected chi connectivity index (χ2v) is 14.7. The summed E-state index contributed by atoms with van der Waals surface area (Å²) in [7, 11) is 1.25. The van der Waals surface area contributed by atoms with Gasteiger partial charge in [0.15, 0.2) is 17.4 Å². The molecule has 8 rings (SSSR count). The zero-order valence-electron chi connectivity index (χ0n) is 29.0. The van der Waals surface area contributed by atoms with Crippen molar-refractivity contribution in [1.82, 2.24) is 9.99 Å². The number of allylic oxidation sites excluding steroid dienone is 4. The molecule has 4 aromatic rings. The fraction of sp³-hybridized carbons (Fsp3) is 0.262. The number of imide groups is 1. The van der Waals surface area contributed by atoms with Crippen LogP contribution in [0.2, 0.25) is 5.02 Å². The number of hydrogen-bond donors (Lipinski definition) is 1. The van der Waals surface area contributed by atoms with Crippen LogP contribution in [0.3, 0.4) is 0 Å². The number of phenolic OH excluding ortho intramolecular Hbond substituents is 1. The topological polar surface area (TPSA) is 108 Å². The van der Waals surface area contributed by atoms with Crippen LogP contribution in [0.4, 0.5) is 19.0 Å². The molecule has 1 aromatic heterocycles. The van der Waals surface area contributed by atoms with E-state index in [1.54, 1.807) is 79.7 Å². The quantitative estimate of drug-likeness (QED) is 0.165. The Labute approximate surface area is 313 Å². The Morgan fingerprint density at radius 2 is 1.57 bits per heavy atom. The number of aromatic nitrogens is 1. The van der Waals surface area contributed by atoms with E-state index in [0.29, 0.717) is 33.9 Å². The summed E-state index contributed by atoms with van der Waals surface area (Å²) in [6.07, 6.45) is -1.48. The van der Waals surface area contributed by atoms with Gasteiger partial charge < -0.3 is 5.11 Å². The van der Waals surface area contributed by atoms with Gasteiger partial charge in [-0.15, -0.1) is 0 Å². The van der Waals surface area contributed by atoms with Crippen molar-refractivity contribution in [3.63, 3.8) is 0 Å². The molecule has 4 aliphatic rings. The molecule has 1 N–H and O–H groups in total. The average molecular weight is 752 g/mol. The van der Waals surface area contributed by atoms with Crippen LogP contribution >= 0.6 is 11.6 Å². The number of carbonyl (C=O) groups excluding carboxylic acids is 4. The summed E-state index contributed by atoms with van der Waals surface area (Å²) in [5.74, 6) is -7.15.